The first kappa shape index (κ1) is 18.7. The van der Waals surface area contributed by atoms with Gasteiger partial charge in [0.25, 0.3) is 0 Å². The molecule has 2 nitrogen and oxygen atoms in total. The van der Waals surface area contributed by atoms with Crippen LogP contribution in [-0.2, 0) is 9.47 Å². The molecule has 1 fully saturated rings. The van der Waals surface area contributed by atoms with E-state index >= 15 is 0 Å². The first-order valence-electron chi connectivity index (χ1n) is 9.05. The van der Waals surface area contributed by atoms with Crippen molar-refractivity contribution in [2.24, 2.45) is 5.41 Å². The molecular weight excluding hydrogens is 260 g/mol. The van der Waals surface area contributed by atoms with Crippen LogP contribution in [-0.4, -0.2) is 19.5 Å². The molecule has 1 aliphatic heterocycles. The zero-order valence-corrected chi connectivity index (χ0v) is 14.5. The molecule has 1 heterocycles. The molecule has 0 aromatic rings. The molecule has 124 valence electrons. The van der Waals surface area contributed by atoms with Gasteiger partial charge in [0.2, 0.25) is 0 Å². The van der Waals surface area contributed by atoms with Gasteiger partial charge in [-0.25, -0.2) is 0 Å². The highest BCUT2D eigenvalue weighted by molar-refractivity contribution is 4.94. The number of hydrogen-bond acceptors (Lipinski definition) is 2. The highest BCUT2D eigenvalue weighted by atomic mass is 16.7. The van der Waals surface area contributed by atoms with Crippen LogP contribution in [0, 0.1) is 5.41 Å². The molecule has 0 saturated carbocycles. The number of allylic oxidation sites excluding steroid dienone is 1. The Bertz CT molecular complexity index is 265. The van der Waals surface area contributed by atoms with Gasteiger partial charge < -0.3 is 9.47 Å². The van der Waals surface area contributed by atoms with Crippen LogP contribution in [0.3, 0.4) is 0 Å². The van der Waals surface area contributed by atoms with Crippen molar-refractivity contribution >= 4 is 0 Å². The number of ether oxygens (including phenoxy) is 2. The van der Waals surface area contributed by atoms with Gasteiger partial charge in [0, 0.05) is 12.0 Å². The molecule has 1 saturated heterocycles. The minimum atomic E-state index is 0.0324. The Kier molecular flexibility index (Phi) is 10.0. The maximum absolute atomic E-state index is 5.90. The van der Waals surface area contributed by atoms with Gasteiger partial charge in [0.05, 0.1) is 6.61 Å². The maximum atomic E-state index is 5.90. The second-order valence-corrected chi connectivity index (χ2v) is 7.05. The molecule has 1 aliphatic rings. The van der Waals surface area contributed by atoms with E-state index in [1.165, 1.54) is 57.8 Å². The average Bonchev–Trinajstić information content (AvgIpc) is 2.49. The Morgan fingerprint density at radius 3 is 2.57 bits per heavy atom. The van der Waals surface area contributed by atoms with Crippen molar-refractivity contribution in [3.63, 3.8) is 0 Å². The van der Waals surface area contributed by atoms with E-state index in [0.29, 0.717) is 0 Å². The lowest BCUT2D eigenvalue weighted by molar-refractivity contribution is -0.172. The molecule has 0 radical (unpaired) electrons. The van der Waals surface area contributed by atoms with Gasteiger partial charge in [-0.15, -0.1) is 0 Å². The Balaban J connectivity index is 2.05. The third kappa shape index (κ3) is 10.1. The molecule has 0 bridgehead atoms. The summed E-state index contributed by atoms with van der Waals surface area (Å²) in [6.07, 6.45) is 17.6. The van der Waals surface area contributed by atoms with Gasteiger partial charge in [0.1, 0.15) is 0 Å². The molecule has 0 N–H and O–H groups in total. The van der Waals surface area contributed by atoms with Crippen LogP contribution in [0.2, 0.25) is 0 Å². The fourth-order valence-corrected chi connectivity index (χ4v) is 2.64. The molecule has 2 heteroatoms. The second kappa shape index (κ2) is 11.3. The van der Waals surface area contributed by atoms with Gasteiger partial charge in [-0.2, -0.15) is 0 Å². The van der Waals surface area contributed by atoms with E-state index < -0.39 is 0 Å². The second-order valence-electron chi connectivity index (χ2n) is 7.05. The first-order valence-corrected chi connectivity index (χ1v) is 9.05. The molecular formula is C19H36O2. The molecule has 0 amide bonds. The van der Waals surface area contributed by atoms with Crippen LogP contribution >= 0.6 is 0 Å². The highest BCUT2D eigenvalue weighted by Gasteiger charge is 2.19. The largest absolute Gasteiger partial charge is 0.353 e. The topological polar surface area (TPSA) is 18.5 Å². The molecule has 1 rings (SSSR count). The van der Waals surface area contributed by atoms with Crippen LogP contribution < -0.4 is 0 Å². The number of unbranched alkanes of at least 4 members (excludes halogenated alkanes) is 6. The third-order valence-corrected chi connectivity index (χ3v) is 4.07. The Morgan fingerprint density at radius 2 is 1.86 bits per heavy atom. The van der Waals surface area contributed by atoms with E-state index in [9.17, 15) is 0 Å². The van der Waals surface area contributed by atoms with E-state index in [1.54, 1.807) is 0 Å². The van der Waals surface area contributed by atoms with E-state index in [4.69, 9.17) is 9.47 Å². The SMILES string of the molecule is CCCCCCCCC=CC(C)(C)COC1CCCCO1. The molecule has 0 spiro atoms. The van der Waals surface area contributed by atoms with Gasteiger partial charge in [0.15, 0.2) is 6.29 Å². The van der Waals surface area contributed by atoms with Gasteiger partial charge >= 0.3 is 0 Å². The number of hydrogen-bond donors (Lipinski definition) is 0. The summed E-state index contributed by atoms with van der Waals surface area (Å²) in [5.41, 5.74) is 0.114. The summed E-state index contributed by atoms with van der Waals surface area (Å²) in [7, 11) is 0. The lowest BCUT2D eigenvalue weighted by Crippen LogP contribution is -2.27. The van der Waals surface area contributed by atoms with Gasteiger partial charge in [-0.05, 0) is 32.1 Å². The molecule has 21 heavy (non-hydrogen) atoms. The predicted molar refractivity (Wildman–Crippen MR) is 90.5 cm³/mol. The molecule has 0 aliphatic carbocycles. The lowest BCUT2D eigenvalue weighted by atomic mass is 9.93. The number of rotatable bonds is 11. The van der Waals surface area contributed by atoms with Crippen molar-refractivity contribution in [2.75, 3.05) is 13.2 Å². The predicted octanol–water partition coefficient (Wildman–Crippen LogP) is 5.86. The smallest absolute Gasteiger partial charge is 0.157 e. The summed E-state index contributed by atoms with van der Waals surface area (Å²) in [5, 5.41) is 0. The fraction of sp³-hybridized carbons (Fsp3) is 0.895. The van der Waals surface area contributed by atoms with Crippen LogP contribution in [0.5, 0.6) is 0 Å². The minimum Gasteiger partial charge on any atom is -0.353 e. The third-order valence-electron chi connectivity index (χ3n) is 4.07. The van der Waals surface area contributed by atoms with Gasteiger partial charge in [-0.1, -0.05) is 65.0 Å². The zero-order chi connectivity index (χ0) is 15.4. The van der Waals surface area contributed by atoms with Gasteiger partial charge in [-0.3, -0.25) is 0 Å². The standard InChI is InChI=1S/C19H36O2/c1-4-5-6-7-8-9-10-12-15-19(2,3)17-21-18-14-11-13-16-20-18/h12,15,18H,4-11,13-14,16-17H2,1-3H3. The van der Waals surface area contributed by atoms with Crippen molar-refractivity contribution in [3.8, 4) is 0 Å². The summed E-state index contributed by atoms with van der Waals surface area (Å²) in [5.74, 6) is 0. The van der Waals surface area contributed by atoms with Crippen LogP contribution in [0.1, 0.15) is 85.0 Å². The first-order chi connectivity index (χ1) is 10.1. The molecule has 1 unspecified atom stereocenters. The quantitative estimate of drug-likeness (QED) is 0.351. The Hall–Kier alpha value is -0.340. The van der Waals surface area contributed by atoms with Crippen molar-refractivity contribution < 1.29 is 9.47 Å². The summed E-state index contributed by atoms with van der Waals surface area (Å²) >= 11 is 0. The lowest BCUT2D eigenvalue weighted by Gasteiger charge is -2.27. The normalized spacial score (nSPS) is 20.2. The molecule has 0 aromatic carbocycles. The average molecular weight is 296 g/mol. The van der Waals surface area contributed by atoms with E-state index in [-0.39, 0.29) is 11.7 Å². The summed E-state index contributed by atoms with van der Waals surface area (Å²) in [4.78, 5) is 0. The van der Waals surface area contributed by atoms with Crippen LogP contribution in [0.4, 0.5) is 0 Å². The fourth-order valence-electron chi connectivity index (χ4n) is 2.64. The van der Waals surface area contributed by atoms with Crippen LogP contribution in [0.25, 0.3) is 0 Å². The monoisotopic (exact) mass is 296 g/mol. The maximum Gasteiger partial charge on any atom is 0.157 e. The van der Waals surface area contributed by atoms with Crippen LogP contribution in [0.15, 0.2) is 12.2 Å². The van der Waals surface area contributed by atoms with E-state index in [1.807, 2.05) is 0 Å². The Labute approximate surface area is 132 Å². The minimum absolute atomic E-state index is 0.0324. The van der Waals surface area contributed by atoms with Crippen molar-refractivity contribution in [2.45, 2.75) is 91.3 Å². The Morgan fingerprint density at radius 1 is 1.10 bits per heavy atom. The van der Waals surface area contributed by atoms with Crippen molar-refractivity contribution in [3.05, 3.63) is 12.2 Å². The summed E-state index contributed by atoms with van der Waals surface area (Å²) < 4.78 is 11.5. The zero-order valence-electron chi connectivity index (χ0n) is 14.5. The van der Waals surface area contributed by atoms with E-state index in [2.05, 4.69) is 32.9 Å². The van der Waals surface area contributed by atoms with Crippen molar-refractivity contribution in [1.29, 1.82) is 0 Å². The summed E-state index contributed by atoms with van der Waals surface area (Å²) in [6, 6.07) is 0. The summed E-state index contributed by atoms with van der Waals surface area (Å²) in [6.45, 7) is 8.37. The molecule has 0 aromatic heterocycles. The highest BCUT2D eigenvalue weighted by Crippen LogP contribution is 2.22. The van der Waals surface area contributed by atoms with E-state index in [0.717, 1.165) is 19.6 Å². The molecule has 1 atom stereocenters. The van der Waals surface area contributed by atoms with Crippen molar-refractivity contribution in [1.82, 2.24) is 0 Å².